The maximum atomic E-state index is 5.94. The molecule has 0 radical (unpaired) electrons. The Bertz CT molecular complexity index is 846. The molecule has 4 rings (SSSR count). The quantitative estimate of drug-likeness (QED) is 0.654. The van der Waals surface area contributed by atoms with Crippen molar-refractivity contribution in [3.8, 4) is 5.75 Å². The number of hydrogen-bond acceptors (Lipinski definition) is 3. The minimum Gasteiger partial charge on any atom is -0.489 e. The molecule has 0 spiro atoms. The van der Waals surface area contributed by atoms with Gasteiger partial charge in [0.05, 0.1) is 6.67 Å². The highest BCUT2D eigenvalue weighted by Crippen LogP contribution is 2.27. The fourth-order valence-corrected chi connectivity index (χ4v) is 2.87. The van der Waals surface area contributed by atoms with E-state index in [1.54, 1.807) is 0 Å². The summed E-state index contributed by atoms with van der Waals surface area (Å²) in [5.74, 6) is 0.882. The Morgan fingerprint density at radius 3 is 2.08 bits per heavy atom. The van der Waals surface area contributed by atoms with E-state index in [1.807, 2.05) is 36.4 Å². The number of ether oxygens (including phenoxy) is 1. The van der Waals surface area contributed by atoms with Gasteiger partial charge in [0.2, 0.25) is 0 Å². The molecule has 0 saturated heterocycles. The minimum atomic E-state index is 0.580. The van der Waals surface area contributed by atoms with Crippen LogP contribution < -0.4 is 14.5 Å². The molecule has 124 valence electrons. The van der Waals surface area contributed by atoms with Crippen molar-refractivity contribution in [2.45, 2.75) is 6.61 Å². The van der Waals surface area contributed by atoms with Gasteiger partial charge >= 0.3 is 0 Å². The van der Waals surface area contributed by atoms with Crippen LogP contribution in [0.3, 0.4) is 0 Å². The molecule has 0 fully saturated rings. The number of hydrogen-bond donors (Lipinski definition) is 0. The zero-order chi connectivity index (χ0) is 16.9. The first-order valence-electron chi connectivity index (χ1n) is 8.42. The summed E-state index contributed by atoms with van der Waals surface area (Å²) in [7, 11) is 0. The Morgan fingerprint density at radius 2 is 1.32 bits per heavy atom. The zero-order valence-corrected chi connectivity index (χ0v) is 14.0. The van der Waals surface area contributed by atoms with E-state index >= 15 is 0 Å². The van der Waals surface area contributed by atoms with Crippen molar-refractivity contribution in [1.29, 1.82) is 0 Å². The van der Waals surface area contributed by atoms with Gasteiger partial charge in [-0.15, -0.1) is 0 Å². The third-order valence-corrected chi connectivity index (χ3v) is 4.22. The molecule has 3 aromatic carbocycles. The summed E-state index contributed by atoms with van der Waals surface area (Å²) in [6.45, 7) is 1.38. The van der Waals surface area contributed by atoms with Gasteiger partial charge in [-0.1, -0.05) is 54.6 Å². The normalized spacial score (nSPS) is 13.3. The van der Waals surface area contributed by atoms with E-state index in [2.05, 4.69) is 70.7 Å². The van der Waals surface area contributed by atoms with Gasteiger partial charge in [0.15, 0.2) is 0 Å². The number of para-hydroxylation sites is 1. The Labute approximate surface area is 148 Å². The smallest absolute Gasteiger partial charge is 0.121 e. The van der Waals surface area contributed by atoms with E-state index in [-0.39, 0.29) is 0 Å². The van der Waals surface area contributed by atoms with Crippen LogP contribution in [0.15, 0.2) is 97.3 Å². The number of rotatable bonds is 5. The largest absolute Gasteiger partial charge is 0.489 e. The molecule has 0 unspecified atom stereocenters. The lowest BCUT2D eigenvalue weighted by atomic mass is 10.2. The molecule has 1 heterocycles. The highest BCUT2D eigenvalue weighted by atomic mass is 16.5. The summed E-state index contributed by atoms with van der Waals surface area (Å²) >= 11 is 0. The van der Waals surface area contributed by atoms with Crippen molar-refractivity contribution >= 4 is 11.4 Å². The second kappa shape index (κ2) is 7.14. The molecule has 0 bridgehead atoms. The van der Waals surface area contributed by atoms with Crippen molar-refractivity contribution in [3.05, 3.63) is 103 Å². The highest BCUT2D eigenvalue weighted by molar-refractivity contribution is 5.60. The van der Waals surface area contributed by atoms with Gasteiger partial charge in [0.1, 0.15) is 12.4 Å². The molecule has 0 saturated carbocycles. The van der Waals surface area contributed by atoms with E-state index in [1.165, 1.54) is 11.3 Å². The molecular formula is C22H20N2O. The second-order valence-electron chi connectivity index (χ2n) is 5.99. The maximum absolute atomic E-state index is 5.94. The van der Waals surface area contributed by atoms with Crippen molar-refractivity contribution in [1.82, 2.24) is 0 Å². The lowest BCUT2D eigenvalue weighted by Crippen LogP contribution is -2.24. The van der Waals surface area contributed by atoms with Crippen molar-refractivity contribution in [3.63, 3.8) is 0 Å². The van der Waals surface area contributed by atoms with Crippen LogP contribution in [0, 0.1) is 0 Å². The van der Waals surface area contributed by atoms with Crippen molar-refractivity contribution < 1.29 is 4.74 Å². The Kier molecular flexibility index (Phi) is 4.38. The Balaban J connectivity index is 1.43. The molecule has 1 aliphatic rings. The molecule has 25 heavy (non-hydrogen) atoms. The average molecular weight is 328 g/mol. The number of nitrogens with zero attached hydrogens (tertiary/aromatic N) is 2. The van der Waals surface area contributed by atoms with Crippen molar-refractivity contribution in [2.75, 3.05) is 16.5 Å². The van der Waals surface area contributed by atoms with Gasteiger partial charge in [-0.3, -0.25) is 0 Å². The van der Waals surface area contributed by atoms with E-state index in [0.29, 0.717) is 6.61 Å². The SMILES string of the molecule is C1=CN(c2cccc(OCc3ccccc3)c2)CN1c1ccccc1. The average Bonchev–Trinajstić information content (AvgIpc) is 3.18. The van der Waals surface area contributed by atoms with Crippen LogP contribution in [-0.2, 0) is 6.61 Å². The lowest BCUT2D eigenvalue weighted by Gasteiger charge is -2.22. The highest BCUT2D eigenvalue weighted by Gasteiger charge is 2.15. The second-order valence-corrected chi connectivity index (χ2v) is 5.99. The van der Waals surface area contributed by atoms with Gasteiger partial charge in [-0.05, 0) is 29.8 Å². The van der Waals surface area contributed by atoms with Gasteiger partial charge < -0.3 is 14.5 Å². The fraction of sp³-hybridized carbons (Fsp3) is 0.0909. The van der Waals surface area contributed by atoms with E-state index < -0.39 is 0 Å². The van der Waals surface area contributed by atoms with E-state index in [4.69, 9.17) is 4.74 Å². The van der Waals surface area contributed by atoms with Crippen LogP contribution in [-0.4, -0.2) is 6.67 Å². The van der Waals surface area contributed by atoms with Crippen LogP contribution in [0.5, 0.6) is 5.75 Å². The Morgan fingerprint density at radius 1 is 0.680 bits per heavy atom. The van der Waals surface area contributed by atoms with Crippen LogP contribution >= 0.6 is 0 Å². The molecule has 0 aliphatic carbocycles. The fourth-order valence-electron chi connectivity index (χ4n) is 2.87. The molecule has 0 N–H and O–H groups in total. The van der Waals surface area contributed by atoms with Gasteiger partial charge in [0.25, 0.3) is 0 Å². The molecular weight excluding hydrogens is 308 g/mol. The van der Waals surface area contributed by atoms with Crippen LogP contribution in [0.4, 0.5) is 11.4 Å². The van der Waals surface area contributed by atoms with Crippen molar-refractivity contribution in [2.24, 2.45) is 0 Å². The van der Waals surface area contributed by atoms with Gasteiger partial charge in [0, 0.05) is 29.8 Å². The summed E-state index contributed by atoms with van der Waals surface area (Å²) in [6, 6.07) is 28.8. The number of benzene rings is 3. The third kappa shape index (κ3) is 3.66. The molecule has 3 heteroatoms. The van der Waals surface area contributed by atoms with Crippen LogP contribution in [0.1, 0.15) is 5.56 Å². The first-order valence-corrected chi connectivity index (χ1v) is 8.42. The molecule has 0 atom stereocenters. The first kappa shape index (κ1) is 15.3. The molecule has 0 amide bonds. The topological polar surface area (TPSA) is 15.7 Å². The maximum Gasteiger partial charge on any atom is 0.121 e. The zero-order valence-electron chi connectivity index (χ0n) is 14.0. The minimum absolute atomic E-state index is 0.580. The lowest BCUT2D eigenvalue weighted by molar-refractivity contribution is 0.306. The van der Waals surface area contributed by atoms with E-state index in [9.17, 15) is 0 Å². The van der Waals surface area contributed by atoms with Crippen LogP contribution in [0.25, 0.3) is 0 Å². The van der Waals surface area contributed by atoms with Crippen LogP contribution in [0.2, 0.25) is 0 Å². The summed E-state index contributed by atoms with van der Waals surface area (Å²) in [4.78, 5) is 4.43. The molecule has 3 nitrogen and oxygen atoms in total. The van der Waals surface area contributed by atoms with E-state index in [0.717, 1.165) is 18.1 Å². The summed E-state index contributed by atoms with van der Waals surface area (Å²) in [6.07, 6.45) is 4.20. The van der Waals surface area contributed by atoms with Gasteiger partial charge in [-0.25, -0.2) is 0 Å². The monoisotopic (exact) mass is 328 g/mol. The summed E-state index contributed by atoms with van der Waals surface area (Å²) < 4.78 is 5.94. The van der Waals surface area contributed by atoms with Gasteiger partial charge in [-0.2, -0.15) is 0 Å². The Hall–Kier alpha value is -3.20. The summed E-state index contributed by atoms with van der Waals surface area (Å²) in [5, 5.41) is 0. The molecule has 0 aromatic heterocycles. The predicted molar refractivity (Wildman–Crippen MR) is 103 cm³/mol. The summed E-state index contributed by atoms with van der Waals surface area (Å²) in [5.41, 5.74) is 3.49. The predicted octanol–water partition coefficient (Wildman–Crippen LogP) is 5.02. The standard InChI is InChI=1S/C22H20N2O/c1-3-8-19(9-4-1)17-25-22-13-7-12-21(16-22)24-15-14-23(18-24)20-10-5-2-6-11-20/h1-16H,17-18H2. The molecule has 1 aliphatic heterocycles. The first-order chi connectivity index (χ1) is 12.4. The number of anilines is 2. The third-order valence-electron chi connectivity index (χ3n) is 4.22. The molecule has 3 aromatic rings.